The monoisotopic (exact) mass is 715 g/mol. The van der Waals surface area contributed by atoms with E-state index in [-0.39, 0.29) is 29.3 Å². The summed E-state index contributed by atoms with van der Waals surface area (Å²) >= 11 is 1.66. The zero-order valence-corrected chi connectivity index (χ0v) is 29.6. The zero-order chi connectivity index (χ0) is 36.7. The molecule has 0 atom stereocenters. The number of carbonyl (C=O) groups is 1. The van der Waals surface area contributed by atoms with Crippen molar-refractivity contribution in [3.63, 3.8) is 0 Å². The van der Waals surface area contributed by atoms with E-state index in [2.05, 4.69) is 35.3 Å². The molecule has 11 heteroatoms. The van der Waals surface area contributed by atoms with Gasteiger partial charge in [-0.2, -0.15) is 13.2 Å². The molecular formula is C40H37F4N3O3S. The van der Waals surface area contributed by atoms with Crippen molar-refractivity contribution in [2.45, 2.75) is 70.0 Å². The van der Waals surface area contributed by atoms with Crippen LogP contribution in [0.3, 0.4) is 0 Å². The molecule has 0 aliphatic carbocycles. The van der Waals surface area contributed by atoms with Crippen LogP contribution in [0.15, 0.2) is 95.9 Å². The minimum Gasteiger partial charge on any atom is -0.487 e. The first-order valence-corrected chi connectivity index (χ1v) is 17.2. The molecule has 0 spiro atoms. The topological polar surface area (TPSA) is 77.2 Å². The summed E-state index contributed by atoms with van der Waals surface area (Å²) in [6.45, 7) is 10.3. The van der Waals surface area contributed by atoms with Gasteiger partial charge >= 0.3 is 12.1 Å². The van der Waals surface area contributed by atoms with Gasteiger partial charge in [0.2, 0.25) is 0 Å². The highest BCUT2D eigenvalue weighted by atomic mass is 32.2. The third-order valence-corrected chi connectivity index (χ3v) is 9.69. The zero-order valence-electron chi connectivity index (χ0n) is 28.8. The molecule has 0 saturated heterocycles. The van der Waals surface area contributed by atoms with Gasteiger partial charge in [0.15, 0.2) is 0 Å². The highest BCUT2D eigenvalue weighted by molar-refractivity contribution is 8.00. The van der Waals surface area contributed by atoms with E-state index >= 15 is 0 Å². The molecule has 3 aromatic carbocycles. The molecule has 1 N–H and O–H groups in total. The number of carboxylic acid groups (broad SMARTS) is 1. The number of fused-ring (bicyclic) bond motifs is 2. The summed E-state index contributed by atoms with van der Waals surface area (Å²) in [5.41, 5.74) is 2.72. The first kappa shape index (κ1) is 35.9. The van der Waals surface area contributed by atoms with Crippen molar-refractivity contribution in [1.82, 2.24) is 14.5 Å². The molecule has 3 aromatic heterocycles. The standard InChI is InChI=1S/C40H37F4N3O3S/c1-38(2,3)51-36-30-20-29(50-23-28-15-13-26-19-27(41)14-17-32(26)45-28)16-18-33(30)47(34(36)21-39(4,5)37(48)49)22-24-9-11-25(12-10-24)31-7-6-8-35(46-31)40(42,43)44/h6-20H,21-23H2,1-5H3,(H,48,49). The predicted octanol–water partition coefficient (Wildman–Crippen LogP) is 10.6. The van der Waals surface area contributed by atoms with Crippen molar-refractivity contribution < 1.29 is 32.2 Å². The molecule has 0 bridgehead atoms. The van der Waals surface area contributed by atoms with Crippen molar-refractivity contribution in [2.24, 2.45) is 5.41 Å². The van der Waals surface area contributed by atoms with E-state index in [1.807, 2.05) is 36.4 Å². The van der Waals surface area contributed by atoms with Crippen molar-refractivity contribution in [1.29, 1.82) is 0 Å². The number of pyridine rings is 2. The number of halogens is 4. The number of alkyl halides is 3. The summed E-state index contributed by atoms with van der Waals surface area (Å²) in [5, 5.41) is 11.8. The van der Waals surface area contributed by atoms with Crippen LogP contribution in [-0.4, -0.2) is 30.4 Å². The van der Waals surface area contributed by atoms with E-state index in [1.54, 1.807) is 55.9 Å². The minimum absolute atomic E-state index is 0.188. The lowest BCUT2D eigenvalue weighted by atomic mass is 9.88. The average Bonchev–Trinajstić information content (AvgIpc) is 3.32. The molecule has 0 aliphatic rings. The summed E-state index contributed by atoms with van der Waals surface area (Å²) < 4.78 is 61.7. The number of carboxylic acids is 1. The molecule has 0 radical (unpaired) electrons. The number of aromatic nitrogens is 3. The van der Waals surface area contributed by atoms with Gasteiger partial charge in [0.05, 0.1) is 22.3 Å². The third kappa shape index (κ3) is 8.20. The van der Waals surface area contributed by atoms with Crippen LogP contribution in [-0.2, 0) is 30.5 Å². The summed E-state index contributed by atoms with van der Waals surface area (Å²) in [6, 6.07) is 24.9. The lowest BCUT2D eigenvalue weighted by Gasteiger charge is -2.24. The normalized spacial score (nSPS) is 12.5. The molecule has 51 heavy (non-hydrogen) atoms. The Balaban J connectivity index is 1.38. The van der Waals surface area contributed by atoms with Crippen LogP contribution in [0.1, 0.15) is 57.3 Å². The molecular weight excluding hydrogens is 679 g/mol. The Morgan fingerprint density at radius 3 is 2.31 bits per heavy atom. The number of ether oxygens (including phenoxy) is 1. The van der Waals surface area contributed by atoms with Crippen molar-refractivity contribution in [3.05, 3.63) is 119 Å². The predicted molar refractivity (Wildman–Crippen MR) is 192 cm³/mol. The van der Waals surface area contributed by atoms with Crippen molar-refractivity contribution >= 4 is 39.5 Å². The fourth-order valence-electron chi connectivity index (χ4n) is 5.81. The van der Waals surface area contributed by atoms with E-state index in [4.69, 9.17) is 4.74 Å². The Kier molecular flexibility index (Phi) is 9.63. The molecule has 6 rings (SSSR count). The van der Waals surface area contributed by atoms with E-state index in [0.29, 0.717) is 34.5 Å². The van der Waals surface area contributed by atoms with Crippen molar-refractivity contribution in [3.8, 4) is 17.0 Å². The number of hydrogen-bond donors (Lipinski definition) is 1. The summed E-state index contributed by atoms with van der Waals surface area (Å²) in [4.78, 5) is 21.8. The number of rotatable bonds is 10. The number of hydrogen-bond acceptors (Lipinski definition) is 5. The smallest absolute Gasteiger partial charge is 0.433 e. The quantitative estimate of drug-likeness (QED) is 0.112. The maximum Gasteiger partial charge on any atom is 0.433 e. The van der Waals surface area contributed by atoms with Gasteiger partial charge in [-0.3, -0.25) is 4.79 Å². The Bertz CT molecular complexity index is 2240. The second kappa shape index (κ2) is 13.7. The van der Waals surface area contributed by atoms with Crippen LogP contribution in [0, 0.1) is 11.2 Å². The van der Waals surface area contributed by atoms with Gasteiger partial charge < -0.3 is 14.4 Å². The van der Waals surface area contributed by atoms with Gasteiger partial charge in [-0.05, 0) is 74.0 Å². The lowest BCUT2D eigenvalue weighted by Crippen LogP contribution is -2.28. The Hall–Kier alpha value is -4.90. The van der Waals surface area contributed by atoms with Gasteiger partial charge in [-0.15, -0.1) is 11.8 Å². The second-order valence-corrected chi connectivity index (χ2v) is 16.0. The maximum atomic E-state index is 13.7. The molecule has 6 nitrogen and oxygen atoms in total. The van der Waals surface area contributed by atoms with Crippen LogP contribution >= 0.6 is 11.8 Å². The van der Waals surface area contributed by atoms with E-state index in [1.165, 1.54) is 18.2 Å². The van der Waals surface area contributed by atoms with Gasteiger partial charge in [0.25, 0.3) is 0 Å². The van der Waals surface area contributed by atoms with Crippen molar-refractivity contribution in [2.75, 3.05) is 0 Å². The largest absolute Gasteiger partial charge is 0.487 e. The summed E-state index contributed by atoms with van der Waals surface area (Å²) in [6.07, 6.45) is -4.30. The molecule has 3 heterocycles. The van der Waals surface area contributed by atoms with Gasteiger partial charge in [0, 0.05) is 50.2 Å². The fraction of sp³-hybridized carbons (Fsp3) is 0.275. The first-order valence-electron chi connectivity index (χ1n) is 16.4. The number of benzene rings is 3. The third-order valence-electron chi connectivity index (χ3n) is 8.41. The molecule has 0 fully saturated rings. The Labute approximate surface area is 297 Å². The number of nitrogens with zero attached hydrogens (tertiary/aromatic N) is 3. The number of aliphatic carboxylic acids is 1. The van der Waals surface area contributed by atoms with Crippen LogP contribution in [0.2, 0.25) is 0 Å². The summed E-state index contributed by atoms with van der Waals surface area (Å²) in [7, 11) is 0. The van der Waals surface area contributed by atoms with Crippen LogP contribution in [0.5, 0.6) is 5.75 Å². The van der Waals surface area contributed by atoms with Gasteiger partial charge in [-0.25, -0.2) is 14.4 Å². The average molecular weight is 716 g/mol. The molecule has 6 aromatic rings. The fourth-order valence-corrected chi connectivity index (χ4v) is 7.00. The second-order valence-electron chi connectivity index (χ2n) is 14.2. The molecule has 0 saturated carbocycles. The Morgan fingerprint density at radius 2 is 1.63 bits per heavy atom. The Morgan fingerprint density at radius 1 is 0.882 bits per heavy atom. The SMILES string of the molecule is CC(C)(C)Sc1c(CC(C)(C)C(=O)O)n(Cc2ccc(-c3cccc(C(F)(F)F)n3)cc2)c2ccc(OCc3ccc4cc(F)ccc4n3)cc12. The van der Waals surface area contributed by atoms with Crippen LogP contribution in [0.4, 0.5) is 17.6 Å². The van der Waals surface area contributed by atoms with E-state index < -0.39 is 23.3 Å². The van der Waals surface area contributed by atoms with E-state index in [9.17, 15) is 27.5 Å². The number of thioether (sulfide) groups is 1. The highest BCUT2D eigenvalue weighted by Crippen LogP contribution is 2.44. The minimum atomic E-state index is -4.55. The molecule has 0 amide bonds. The molecule has 0 unspecified atom stereocenters. The maximum absolute atomic E-state index is 13.7. The van der Waals surface area contributed by atoms with E-state index in [0.717, 1.165) is 33.1 Å². The lowest BCUT2D eigenvalue weighted by molar-refractivity contribution is -0.147. The van der Waals surface area contributed by atoms with Crippen LogP contribution in [0.25, 0.3) is 33.1 Å². The van der Waals surface area contributed by atoms with Gasteiger partial charge in [-0.1, -0.05) is 57.2 Å². The first-order chi connectivity index (χ1) is 24.0. The highest BCUT2D eigenvalue weighted by Gasteiger charge is 2.34. The van der Waals surface area contributed by atoms with Crippen LogP contribution < -0.4 is 4.74 Å². The summed E-state index contributed by atoms with van der Waals surface area (Å²) in [5.74, 6) is -0.634. The van der Waals surface area contributed by atoms with Gasteiger partial charge in [0.1, 0.15) is 23.9 Å². The molecule has 264 valence electrons. The molecule has 0 aliphatic heterocycles.